The van der Waals surface area contributed by atoms with E-state index in [0.29, 0.717) is 0 Å². The number of aryl methyl sites for hydroxylation is 1. The summed E-state index contributed by atoms with van der Waals surface area (Å²) in [7, 11) is -2.56. The molecule has 0 bridgehead atoms. The second-order valence-electron chi connectivity index (χ2n) is 6.40. The van der Waals surface area contributed by atoms with Crippen molar-refractivity contribution in [2.45, 2.75) is 56.1 Å². The van der Waals surface area contributed by atoms with Gasteiger partial charge in [-0.3, -0.25) is 4.18 Å². The largest absolute Gasteiger partial charge is 0.353 e. The smallest absolute Gasteiger partial charge is 0.297 e. The lowest BCUT2D eigenvalue weighted by molar-refractivity contribution is -0.233. The lowest BCUT2D eigenvalue weighted by atomic mass is 10.1. The van der Waals surface area contributed by atoms with Crippen LogP contribution in [0.5, 0.6) is 0 Å². The predicted molar refractivity (Wildman–Crippen MR) is 83.8 cm³/mol. The van der Waals surface area contributed by atoms with Crippen molar-refractivity contribution in [1.82, 2.24) is 0 Å². The molecule has 0 amide bonds. The van der Waals surface area contributed by atoms with Gasteiger partial charge in [-0.1, -0.05) is 17.7 Å². The molecule has 1 aromatic carbocycles. The number of benzene rings is 1. The highest BCUT2D eigenvalue weighted by atomic mass is 32.2. The Morgan fingerprint density at radius 3 is 2.46 bits per heavy atom. The van der Waals surface area contributed by atoms with Crippen LogP contribution in [0.2, 0.25) is 0 Å². The quantitative estimate of drug-likeness (QED) is 0.756. The van der Waals surface area contributed by atoms with E-state index in [1.807, 2.05) is 6.92 Å². The van der Waals surface area contributed by atoms with Crippen molar-refractivity contribution in [1.29, 1.82) is 0 Å². The van der Waals surface area contributed by atoms with Gasteiger partial charge < -0.3 is 18.9 Å². The molecule has 2 heterocycles. The molecule has 0 aliphatic carbocycles. The second-order valence-corrected chi connectivity index (χ2v) is 7.98. The van der Waals surface area contributed by atoms with E-state index in [-0.39, 0.29) is 11.5 Å². The van der Waals surface area contributed by atoms with Crippen LogP contribution >= 0.6 is 0 Å². The van der Waals surface area contributed by atoms with Gasteiger partial charge in [-0.2, -0.15) is 8.42 Å². The molecule has 4 atom stereocenters. The lowest BCUT2D eigenvalue weighted by Gasteiger charge is -2.35. The Kier molecular flexibility index (Phi) is 4.71. The number of rotatable bonds is 4. The first-order valence-electron chi connectivity index (χ1n) is 7.72. The third-order valence-corrected chi connectivity index (χ3v) is 5.34. The predicted octanol–water partition coefficient (Wildman–Crippen LogP) is 1.59. The van der Waals surface area contributed by atoms with Gasteiger partial charge in [0.15, 0.2) is 18.2 Å². The van der Waals surface area contributed by atoms with Gasteiger partial charge in [-0.15, -0.1) is 0 Å². The lowest BCUT2D eigenvalue weighted by Crippen LogP contribution is -2.54. The van der Waals surface area contributed by atoms with Crippen molar-refractivity contribution in [3.8, 4) is 0 Å². The summed E-state index contributed by atoms with van der Waals surface area (Å²) in [4.78, 5) is 0.0725. The Morgan fingerprint density at radius 2 is 1.83 bits per heavy atom. The van der Waals surface area contributed by atoms with E-state index in [1.165, 1.54) is 19.2 Å². The summed E-state index contributed by atoms with van der Waals surface area (Å²) in [6.45, 7) is 5.65. The first-order chi connectivity index (χ1) is 11.2. The van der Waals surface area contributed by atoms with E-state index in [9.17, 15) is 8.42 Å². The molecule has 134 valence electrons. The standard InChI is InChI=1S/C16H22O7S/c1-10-5-7-11(8-6-10)24(17,18)23-14-13-12(9-20-15(14)19-4)21-16(2,3)22-13/h5-8,12-15H,9H2,1-4H3/t12-,13-,14+,15?/m1/s1. The zero-order valence-electron chi connectivity index (χ0n) is 14.1. The average molecular weight is 358 g/mol. The Bertz CT molecular complexity index is 683. The topological polar surface area (TPSA) is 80.3 Å². The third kappa shape index (κ3) is 3.49. The zero-order valence-corrected chi connectivity index (χ0v) is 14.9. The molecule has 1 unspecified atom stereocenters. The maximum Gasteiger partial charge on any atom is 0.297 e. The van der Waals surface area contributed by atoms with Gasteiger partial charge in [0, 0.05) is 7.11 Å². The van der Waals surface area contributed by atoms with Gasteiger partial charge in [0.25, 0.3) is 10.1 Å². The van der Waals surface area contributed by atoms with E-state index < -0.39 is 40.5 Å². The molecule has 2 fully saturated rings. The van der Waals surface area contributed by atoms with Gasteiger partial charge in [-0.25, -0.2) is 0 Å². The van der Waals surface area contributed by atoms with Gasteiger partial charge in [0.1, 0.15) is 12.2 Å². The van der Waals surface area contributed by atoms with Crippen LogP contribution in [0.3, 0.4) is 0 Å². The summed E-state index contributed by atoms with van der Waals surface area (Å²) in [5.41, 5.74) is 0.957. The highest BCUT2D eigenvalue weighted by Gasteiger charge is 2.53. The summed E-state index contributed by atoms with van der Waals surface area (Å²) in [6, 6.07) is 6.43. The van der Waals surface area contributed by atoms with E-state index in [0.717, 1.165) is 5.56 Å². The molecular formula is C16H22O7S. The molecule has 0 spiro atoms. The third-order valence-electron chi connectivity index (χ3n) is 4.02. The monoisotopic (exact) mass is 358 g/mol. The number of methoxy groups -OCH3 is 1. The van der Waals surface area contributed by atoms with Gasteiger partial charge in [-0.05, 0) is 32.9 Å². The fourth-order valence-corrected chi connectivity index (χ4v) is 3.99. The molecule has 7 nitrogen and oxygen atoms in total. The van der Waals surface area contributed by atoms with Crippen LogP contribution in [-0.4, -0.2) is 52.5 Å². The molecule has 24 heavy (non-hydrogen) atoms. The van der Waals surface area contributed by atoms with Crippen molar-refractivity contribution in [3.05, 3.63) is 29.8 Å². The molecule has 0 saturated carbocycles. The van der Waals surface area contributed by atoms with Crippen molar-refractivity contribution >= 4 is 10.1 Å². The number of fused-ring (bicyclic) bond motifs is 1. The van der Waals surface area contributed by atoms with E-state index in [2.05, 4.69) is 0 Å². The van der Waals surface area contributed by atoms with Crippen LogP contribution in [0.25, 0.3) is 0 Å². The van der Waals surface area contributed by atoms with Gasteiger partial charge in [0.05, 0.1) is 11.5 Å². The van der Waals surface area contributed by atoms with Crippen LogP contribution in [0.4, 0.5) is 0 Å². The SMILES string of the molecule is COC1OC[C@H]2OC(C)(C)O[C@H]2[C@@H]1OS(=O)(=O)c1ccc(C)cc1. The number of ether oxygens (including phenoxy) is 4. The highest BCUT2D eigenvalue weighted by Crippen LogP contribution is 2.37. The van der Waals surface area contributed by atoms with E-state index in [4.69, 9.17) is 23.1 Å². The van der Waals surface area contributed by atoms with Crippen molar-refractivity contribution in [2.24, 2.45) is 0 Å². The summed E-state index contributed by atoms with van der Waals surface area (Å²) in [6.07, 6.45) is -2.82. The van der Waals surface area contributed by atoms with Crippen LogP contribution in [0.15, 0.2) is 29.2 Å². The maximum atomic E-state index is 12.6. The zero-order chi connectivity index (χ0) is 17.5. The molecule has 3 rings (SSSR count). The molecule has 1 aromatic rings. The van der Waals surface area contributed by atoms with E-state index >= 15 is 0 Å². The Morgan fingerprint density at radius 1 is 1.17 bits per heavy atom. The minimum absolute atomic E-state index is 0.0725. The van der Waals surface area contributed by atoms with E-state index in [1.54, 1.807) is 26.0 Å². The molecule has 2 saturated heterocycles. The normalized spacial score (nSPS) is 32.5. The summed E-state index contributed by atoms with van der Waals surface area (Å²) in [5.74, 6) is -0.837. The maximum absolute atomic E-state index is 12.6. The fraction of sp³-hybridized carbons (Fsp3) is 0.625. The minimum Gasteiger partial charge on any atom is -0.353 e. The second kappa shape index (κ2) is 6.36. The van der Waals surface area contributed by atoms with Gasteiger partial charge in [0.2, 0.25) is 0 Å². The molecule has 2 aliphatic rings. The summed E-state index contributed by atoms with van der Waals surface area (Å²) in [5, 5.41) is 0. The van der Waals surface area contributed by atoms with Crippen molar-refractivity contribution in [3.63, 3.8) is 0 Å². The highest BCUT2D eigenvalue weighted by molar-refractivity contribution is 7.86. The summed E-state index contributed by atoms with van der Waals surface area (Å²) >= 11 is 0. The summed E-state index contributed by atoms with van der Waals surface area (Å²) < 4.78 is 52.9. The molecule has 0 radical (unpaired) electrons. The number of hydrogen-bond donors (Lipinski definition) is 0. The average Bonchev–Trinajstić information content (AvgIpc) is 2.82. The van der Waals surface area contributed by atoms with Crippen LogP contribution in [0.1, 0.15) is 19.4 Å². The Labute approximate surface area is 141 Å². The van der Waals surface area contributed by atoms with Gasteiger partial charge >= 0.3 is 0 Å². The van der Waals surface area contributed by atoms with Crippen LogP contribution in [-0.2, 0) is 33.2 Å². The molecule has 0 aromatic heterocycles. The fourth-order valence-electron chi connectivity index (χ4n) is 2.92. The molecule has 2 aliphatic heterocycles. The van der Waals surface area contributed by atoms with Crippen molar-refractivity contribution in [2.75, 3.05) is 13.7 Å². The minimum atomic E-state index is -3.99. The molecular weight excluding hydrogens is 336 g/mol. The molecule has 8 heteroatoms. The van der Waals surface area contributed by atoms with Crippen molar-refractivity contribution < 1.29 is 31.5 Å². The number of hydrogen-bond acceptors (Lipinski definition) is 7. The first-order valence-corrected chi connectivity index (χ1v) is 9.13. The Balaban J connectivity index is 1.86. The first kappa shape index (κ1) is 17.8. The van der Waals surface area contributed by atoms with Crippen LogP contribution in [0, 0.1) is 6.92 Å². The Hall–Kier alpha value is -1.03. The van der Waals surface area contributed by atoms with Crippen LogP contribution < -0.4 is 0 Å². The molecule has 0 N–H and O–H groups in total.